The molecule has 0 spiro atoms. The van der Waals surface area contributed by atoms with Gasteiger partial charge in [0.05, 0.1) is 17.3 Å². The summed E-state index contributed by atoms with van der Waals surface area (Å²) in [4.78, 5) is 13.1. The standard InChI is InChI=1S/C16H17NO6S2/c18-10-16(20,15(19)17-21)11-25(22,23)14-8-6-13(7-9-14)24-12-4-2-1-3-5-12/h1-9,18,20-21H,10-11H2,(H,17,19). The van der Waals surface area contributed by atoms with E-state index in [1.165, 1.54) is 23.9 Å². The maximum atomic E-state index is 12.4. The van der Waals surface area contributed by atoms with E-state index in [-0.39, 0.29) is 4.90 Å². The van der Waals surface area contributed by atoms with Crippen molar-refractivity contribution in [2.45, 2.75) is 20.3 Å². The summed E-state index contributed by atoms with van der Waals surface area (Å²) in [5, 5.41) is 27.6. The molecule has 0 heterocycles. The Morgan fingerprint density at radius 3 is 2.12 bits per heavy atom. The van der Waals surface area contributed by atoms with Gasteiger partial charge in [-0.15, -0.1) is 0 Å². The molecule has 1 atom stereocenters. The maximum absolute atomic E-state index is 12.4. The summed E-state index contributed by atoms with van der Waals surface area (Å²) in [6, 6.07) is 15.4. The molecule has 0 saturated heterocycles. The topological polar surface area (TPSA) is 124 Å². The molecule has 9 heteroatoms. The van der Waals surface area contributed by atoms with Gasteiger partial charge in [0.15, 0.2) is 15.4 Å². The monoisotopic (exact) mass is 383 g/mol. The lowest BCUT2D eigenvalue weighted by molar-refractivity contribution is -0.150. The molecular formula is C16H17NO6S2. The zero-order chi connectivity index (χ0) is 18.5. The van der Waals surface area contributed by atoms with Crippen LogP contribution >= 0.6 is 11.8 Å². The Labute approximate surface area is 149 Å². The minimum absolute atomic E-state index is 0.109. The Kier molecular flexibility index (Phi) is 6.20. The summed E-state index contributed by atoms with van der Waals surface area (Å²) in [6.45, 7) is -1.15. The van der Waals surface area contributed by atoms with Gasteiger partial charge < -0.3 is 10.2 Å². The van der Waals surface area contributed by atoms with Gasteiger partial charge in [-0.1, -0.05) is 30.0 Å². The molecule has 0 saturated carbocycles. The van der Waals surface area contributed by atoms with E-state index in [0.29, 0.717) is 0 Å². The minimum atomic E-state index is -4.07. The third-order valence-corrected chi connectivity index (χ3v) is 6.24. The molecule has 0 bridgehead atoms. The molecule has 2 aromatic carbocycles. The van der Waals surface area contributed by atoms with Crippen LogP contribution in [-0.4, -0.2) is 47.7 Å². The number of rotatable bonds is 7. The fraction of sp³-hybridized carbons (Fsp3) is 0.188. The van der Waals surface area contributed by atoms with Crippen molar-refractivity contribution in [1.82, 2.24) is 5.48 Å². The van der Waals surface area contributed by atoms with Gasteiger partial charge in [0, 0.05) is 9.79 Å². The van der Waals surface area contributed by atoms with Gasteiger partial charge in [-0.25, -0.2) is 13.9 Å². The van der Waals surface area contributed by atoms with Crippen LogP contribution in [0.5, 0.6) is 0 Å². The van der Waals surface area contributed by atoms with Crippen molar-refractivity contribution in [1.29, 1.82) is 0 Å². The molecule has 25 heavy (non-hydrogen) atoms. The van der Waals surface area contributed by atoms with E-state index in [1.807, 2.05) is 30.3 Å². The smallest absolute Gasteiger partial charge is 0.278 e. The van der Waals surface area contributed by atoms with E-state index in [2.05, 4.69) is 0 Å². The van der Waals surface area contributed by atoms with Crippen molar-refractivity contribution >= 4 is 27.5 Å². The number of sulfone groups is 1. The number of hydrogen-bond acceptors (Lipinski definition) is 7. The van der Waals surface area contributed by atoms with Crippen LogP contribution in [0.1, 0.15) is 0 Å². The Morgan fingerprint density at radius 2 is 1.60 bits per heavy atom. The van der Waals surface area contributed by atoms with E-state index < -0.39 is 33.7 Å². The number of aliphatic hydroxyl groups excluding tert-OH is 1. The highest BCUT2D eigenvalue weighted by atomic mass is 32.2. The summed E-state index contributed by atoms with van der Waals surface area (Å²) >= 11 is 1.45. The molecule has 1 unspecified atom stereocenters. The molecule has 2 aromatic rings. The first kappa shape index (κ1) is 19.4. The highest BCUT2D eigenvalue weighted by Gasteiger charge is 2.40. The zero-order valence-corrected chi connectivity index (χ0v) is 14.6. The molecule has 0 aliphatic heterocycles. The van der Waals surface area contributed by atoms with Crippen LogP contribution in [0.4, 0.5) is 0 Å². The summed E-state index contributed by atoms with van der Waals surface area (Å²) < 4.78 is 24.7. The summed E-state index contributed by atoms with van der Waals surface area (Å²) in [5.41, 5.74) is -1.48. The van der Waals surface area contributed by atoms with Crippen LogP contribution in [0.25, 0.3) is 0 Å². The van der Waals surface area contributed by atoms with Crippen molar-refractivity contribution in [3.63, 3.8) is 0 Å². The lowest BCUT2D eigenvalue weighted by atomic mass is 10.1. The number of nitrogens with one attached hydrogen (secondary N) is 1. The molecule has 2 rings (SSSR count). The second-order valence-electron chi connectivity index (χ2n) is 5.28. The normalized spacial score (nSPS) is 13.9. The van der Waals surface area contributed by atoms with Crippen molar-refractivity contribution < 1.29 is 28.6 Å². The highest BCUT2D eigenvalue weighted by molar-refractivity contribution is 7.99. The largest absolute Gasteiger partial charge is 0.393 e. The third-order valence-electron chi connectivity index (χ3n) is 3.38. The summed E-state index contributed by atoms with van der Waals surface area (Å²) in [6.07, 6.45) is 0. The van der Waals surface area contributed by atoms with Crippen molar-refractivity contribution in [3.8, 4) is 0 Å². The van der Waals surface area contributed by atoms with E-state index in [9.17, 15) is 18.3 Å². The number of hydrogen-bond donors (Lipinski definition) is 4. The van der Waals surface area contributed by atoms with Crippen molar-refractivity contribution in [3.05, 3.63) is 54.6 Å². The fourth-order valence-electron chi connectivity index (χ4n) is 2.02. The number of carbonyl (C=O) groups excluding carboxylic acids is 1. The van der Waals surface area contributed by atoms with Crippen LogP contribution in [0, 0.1) is 0 Å². The predicted octanol–water partition coefficient (Wildman–Crippen LogP) is 0.840. The summed E-state index contributed by atoms with van der Waals surface area (Å²) in [5.74, 6) is -2.46. The Balaban J connectivity index is 2.18. The molecule has 4 N–H and O–H groups in total. The summed E-state index contributed by atoms with van der Waals surface area (Å²) in [7, 11) is -4.07. The second kappa shape index (κ2) is 7.98. The Morgan fingerprint density at radius 1 is 1.04 bits per heavy atom. The van der Waals surface area contributed by atoms with Crippen LogP contribution in [0.15, 0.2) is 69.3 Å². The van der Waals surface area contributed by atoms with E-state index in [0.717, 1.165) is 15.3 Å². The molecule has 134 valence electrons. The van der Waals surface area contributed by atoms with E-state index >= 15 is 0 Å². The number of aliphatic hydroxyl groups is 2. The highest BCUT2D eigenvalue weighted by Crippen LogP contribution is 2.28. The minimum Gasteiger partial charge on any atom is -0.393 e. The lowest BCUT2D eigenvalue weighted by Crippen LogP contribution is -2.53. The molecule has 7 nitrogen and oxygen atoms in total. The number of hydroxylamine groups is 1. The van der Waals surface area contributed by atoms with Crippen molar-refractivity contribution in [2.24, 2.45) is 0 Å². The Bertz CT molecular complexity index is 823. The third kappa shape index (κ3) is 4.80. The molecule has 0 aliphatic carbocycles. The first-order valence-electron chi connectivity index (χ1n) is 7.14. The predicted molar refractivity (Wildman–Crippen MR) is 91.0 cm³/mol. The van der Waals surface area contributed by atoms with Gasteiger partial charge in [0.25, 0.3) is 5.91 Å². The second-order valence-corrected chi connectivity index (χ2v) is 8.41. The van der Waals surface area contributed by atoms with Gasteiger partial charge in [-0.05, 0) is 36.4 Å². The fourth-order valence-corrected chi connectivity index (χ4v) is 4.43. The maximum Gasteiger partial charge on any atom is 0.278 e. The van der Waals surface area contributed by atoms with E-state index in [1.54, 1.807) is 12.1 Å². The quantitative estimate of drug-likeness (QED) is 0.412. The average molecular weight is 383 g/mol. The lowest BCUT2D eigenvalue weighted by Gasteiger charge is -2.22. The molecule has 0 aromatic heterocycles. The first-order valence-corrected chi connectivity index (χ1v) is 9.61. The van der Waals surface area contributed by atoms with Gasteiger partial charge >= 0.3 is 0 Å². The van der Waals surface area contributed by atoms with Crippen molar-refractivity contribution in [2.75, 3.05) is 12.4 Å². The van der Waals surface area contributed by atoms with Gasteiger partial charge in [0.1, 0.15) is 0 Å². The number of carbonyl (C=O) groups is 1. The van der Waals surface area contributed by atoms with Gasteiger partial charge in [0.2, 0.25) is 0 Å². The van der Waals surface area contributed by atoms with Crippen LogP contribution < -0.4 is 5.48 Å². The number of benzene rings is 2. The van der Waals surface area contributed by atoms with Crippen LogP contribution in [-0.2, 0) is 14.6 Å². The molecular weight excluding hydrogens is 366 g/mol. The zero-order valence-electron chi connectivity index (χ0n) is 13.0. The first-order chi connectivity index (χ1) is 11.8. The average Bonchev–Trinajstić information content (AvgIpc) is 2.62. The van der Waals surface area contributed by atoms with Gasteiger partial charge in [-0.2, -0.15) is 0 Å². The number of amides is 1. The van der Waals surface area contributed by atoms with Crippen LogP contribution in [0.3, 0.4) is 0 Å². The molecule has 0 aliphatic rings. The molecule has 1 amide bonds. The van der Waals surface area contributed by atoms with Crippen LogP contribution in [0.2, 0.25) is 0 Å². The SMILES string of the molecule is O=C(NO)C(O)(CO)CS(=O)(=O)c1ccc(Sc2ccccc2)cc1. The van der Waals surface area contributed by atoms with Gasteiger partial charge in [-0.3, -0.25) is 10.0 Å². The Hall–Kier alpha value is -1.91. The van der Waals surface area contributed by atoms with E-state index in [4.69, 9.17) is 10.3 Å². The molecule has 0 radical (unpaired) electrons. The molecule has 0 fully saturated rings.